The minimum absolute atomic E-state index is 0.0837. The molecular weight excluding hydrogens is 216 g/mol. The van der Waals surface area contributed by atoms with E-state index >= 15 is 0 Å². The Hall–Kier alpha value is -0.120. The molecule has 1 saturated heterocycles. The van der Waals surface area contributed by atoms with Gasteiger partial charge >= 0.3 is 0 Å². The summed E-state index contributed by atoms with van der Waals surface area (Å²) in [6, 6.07) is 0. The molecule has 1 aliphatic heterocycles. The fourth-order valence-corrected chi connectivity index (χ4v) is 2.89. The second-order valence-electron chi connectivity index (χ2n) is 5.47. The van der Waals surface area contributed by atoms with Crippen LogP contribution in [-0.4, -0.2) is 33.2 Å². The normalized spacial score (nSPS) is 34.8. The Balaban J connectivity index is 1.57. The molecule has 0 aromatic rings. The number of rotatable bonds is 5. The van der Waals surface area contributed by atoms with Crippen molar-refractivity contribution in [2.24, 2.45) is 11.8 Å². The number of methoxy groups -OCH3 is 1. The molecule has 1 atom stereocenters. The molecule has 0 spiro atoms. The van der Waals surface area contributed by atoms with Crippen LogP contribution >= 0.6 is 0 Å². The average molecular weight is 242 g/mol. The first-order chi connectivity index (χ1) is 8.38. The summed E-state index contributed by atoms with van der Waals surface area (Å²) in [5.74, 6) is 1.52. The molecule has 1 unspecified atom stereocenters. The van der Waals surface area contributed by atoms with Crippen molar-refractivity contribution in [3.8, 4) is 0 Å². The van der Waals surface area contributed by atoms with Gasteiger partial charge in [0.05, 0.1) is 6.61 Å². The van der Waals surface area contributed by atoms with E-state index in [9.17, 15) is 0 Å². The van der Waals surface area contributed by atoms with Crippen molar-refractivity contribution in [1.82, 2.24) is 0 Å². The van der Waals surface area contributed by atoms with Crippen LogP contribution in [0.5, 0.6) is 0 Å². The fourth-order valence-electron chi connectivity index (χ4n) is 2.89. The molecule has 0 bridgehead atoms. The van der Waals surface area contributed by atoms with Crippen LogP contribution in [0.4, 0.5) is 0 Å². The first-order valence-corrected chi connectivity index (χ1v) is 7.10. The molecule has 1 heterocycles. The fraction of sp³-hybridized carbons (Fsp3) is 1.00. The van der Waals surface area contributed by atoms with Crippen LogP contribution in [0.1, 0.15) is 44.9 Å². The molecule has 2 rings (SSSR count). The van der Waals surface area contributed by atoms with Crippen LogP contribution in [0.15, 0.2) is 0 Å². The van der Waals surface area contributed by atoms with Gasteiger partial charge in [-0.15, -0.1) is 0 Å². The summed E-state index contributed by atoms with van der Waals surface area (Å²) in [6.07, 6.45) is 8.80. The third-order valence-corrected chi connectivity index (χ3v) is 4.02. The Morgan fingerprint density at radius 3 is 2.24 bits per heavy atom. The first kappa shape index (κ1) is 13.3. The number of ether oxygens (including phenoxy) is 3. The zero-order valence-corrected chi connectivity index (χ0v) is 11.0. The van der Waals surface area contributed by atoms with E-state index in [1.807, 2.05) is 0 Å². The van der Waals surface area contributed by atoms with Crippen LogP contribution in [0.25, 0.3) is 0 Å². The van der Waals surface area contributed by atoms with Gasteiger partial charge in [0.15, 0.2) is 6.29 Å². The topological polar surface area (TPSA) is 27.7 Å². The largest absolute Gasteiger partial charge is 0.384 e. The lowest BCUT2D eigenvalue weighted by molar-refractivity contribution is -0.170. The summed E-state index contributed by atoms with van der Waals surface area (Å²) in [4.78, 5) is 0. The number of hydrogen-bond donors (Lipinski definition) is 0. The van der Waals surface area contributed by atoms with Gasteiger partial charge in [-0.05, 0) is 56.8 Å². The van der Waals surface area contributed by atoms with E-state index < -0.39 is 0 Å². The highest BCUT2D eigenvalue weighted by molar-refractivity contribution is 4.72. The smallest absolute Gasteiger partial charge is 0.157 e. The predicted octanol–water partition coefficient (Wildman–Crippen LogP) is 2.98. The van der Waals surface area contributed by atoms with Gasteiger partial charge in [-0.25, -0.2) is 0 Å². The minimum atomic E-state index is 0.0837. The third-order valence-electron chi connectivity index (χ3n) is 4.02. The Morgan fingerprint density at radius 1 is 0.941 bits per heavy atom. The van der Waals surface area contributed by atoms with Gasteiger partial charge in [-0.3, -0.25) is 0 Å². The lowest BCUT2D eigenvalue weighted by Crippen LogP contribution is -2.27. The quantitative estimate of drug-likeness (QED) is 0.742. The van der Waals surface area contributed by atoms with E-state index in [1.165, 1.54) is 38.5 Å². The van der Waals surface area contributed by atoms with Crippen molar-refractivity contribution in [3.63, 3.8) is 0 Å². The molecule has 0 aromatic carbocycles. The monoisotopic (exact) mass is 242 g/mol. The zero-order chi connectivity index (χ0) is 11.9. The highest BCUT2D eigenvalue weighted by Gasteiger charge is 2.23. The van der Waals surface area contributed by atoms with E-state index in [0.717, 1.165) is 38.1 Å². The Bertz CT molecular complexity index is 194. The summed E-state index contributed by atoms with van der Waals surface area (Å²) in [7, 11) is 1.80. The Labute approximate surface area is 105 Å². The van der Waals surface area contributed by atoms with Crippen molar-refractivity contribution < 1.29 is 14.2 Å². The summed E-state index contributed by atoms with van der Waals surface area (Å²) < 4.78 is 16.7. The van der Waals surface area contributed by atoms with Gasteiger partial charge in [0.1, 0.15) is 0 Å². The zero-order valence-electron chi connectivity index (χ0n) is 11.0. The second-order valence-corrected chi connectivity index (χ2v) is 5.47. The first-order valence-electron chi connectivity index (χ1n) is 7.10. The van der Waals surface area contributed by atoms with Crippen LogP contribution < -0.4 is 0 Å². The molecule has 17 heavy (non-hydrogen) atoms. The van der Waals surface area contributed by atoms with Crippen molar-refractivity contribution in [2.75, 3.05) is 26.9 Å². The highest BCUT2D eigenvalue weighted by Crippen LogP contribution is 2.29. The SMILES string of the molecule is COCC1CCC(COC2CCCCO2)CC1. The predicted molar refractivity (Wildman–Crippen MR) is 66.9 cm³/mol. The summed E-state index contributed by atoms with van der Waals surface area (Å²) in [5.41, 5.74) is 0. The van der Waals surface area contributed by atoms with Crippen molar-refractivity contribution in [3.05, 3.63) is 0 Å². The van der Waals surface area contributed by atoms with Crippen LogP contribution in [0, 0.1) is 11.8 Å². The van der Waals surface area contributed by atoms with Gasteiger partial charge < -0.3 is 14.2 Å². The van der Waals surface area contributed by atoms with E-state index in [2.05, 4.69) is 0 Å². The lowest BCUT2D eigenvalue weighted by Gasteiger charge is -2.30. The van der Waals surface area contributed by atoms with Crippen molar-refractivity contribution >= 4 is 0 Å². The van der Waals surface area contributed by atoms with E-state index in [1.54, 1.807) is 7.11 Å². The molecule has 2 fully saturated rings. The van der Waals surface area contributed by atoms with Crippen molar-refractivity contribution in [2.45, 2.75) is 51.2 Å². The van der Waals surface area contributed by atoms with Gasteiger partial charge in [0.25, 0.3) is 0 Å². The molecular formula is C14H26O3. The molecule has 0 aromatic heterocycles. The second kappa shape index (κ2) is 7.34. The van der Waals surface area contributed by atoms with Crippen LogP contribution in [-0.2, 0) is 14.2 Å². The van der Waals surface area contributed by atoms with Gasteiger partial charge in [-0.1, -0.05) is 0 Å². The standard InChI is InChI=1S/C14H26O3/c1-15-10-12-5-7-13(8-6-12)11-17-14-4-2-3-9-16-14/h12-14H,2-11H2,1H3. The molecule has 0 amide bonds. The van der Waals surface area contributed by atoms with Gasteiger partial charge in [0, 0.05) is 20.3 Å². The summed E-state index contributed by atoms with van der Waals surface area (Å²) in [6.45, 7) is 2.70. The van der Waals surface area contributed by atoms with E-state index in [4.69, 9.17) is 14.2 Å². The van der Waals surface area contributed by atoms with Crippen LogP contribution in [0.2, 0.25) is 0 Å². The molecule has 0 radical (unpaired) electrons. The maximum Gasteiger partial charge on any atom is 0.157 e. The number of hydrogen-bond acceptors (Lipinski definition) is 3. The summed E-state index contributed by atoms with van der Waals surface area (Å²) in [5, 5.41) is 0. The maximum absolute atomic E-state index is 5.86. The summed E-state index contributed by atoms with van der Waals surface area (Å²) >= 11 is 0. The Morgan fingerprint density at radius 2 is 1.65 bits per heavy atom. The molecule has 0 N–H and O–H groups in total. The van der Waals surface area contributed by atoms with E-state index in [-0.39, 0.29) is 6.29 Å². The average Bonchev–Trinajstić information content (AvgIpc) is 2.40. The molecule has 100 valence electrons. The molecule has 1 aliphatic carbocycles. The Kier molecular flexibility index (Phi) is 5.75. The molecule has 1 saturated carbocycles. The highest BCUT2D eigenvalue weighted by atomic mass is 16.7. The minimum Gasteiger partial charge on any atom is -0.384 e. The molecule has 3 heteroatoms. The maximum atomic E-state index is 5.86. The third kappa shape index (κ3) is 4.57. The van der Waals surface area contributed by atoms with Crippen molar-refractivity contribution in [1.29, 1.82) is 0 Å². The molecule has 3 nitrogen and oxygen atoms in total. The lowest BCUT2D eigenvalue weighted by atomic mass is 9.83. The van der Waals surface area contributed by atoms with Gasteiger partial charge in [-0.2, -0.15) is 0 Å². The van der Waals surface area contributed by atoms with E-state index in [0.29, 0.717) is 0 Å². The molecule has 2 aliphatic rings. The van der Waals surface area contributed by atoms with Gasteiger partial charge in [0.2, 0.25) is 0 Å². The van der Waals surface area contributed by atoms with Crippen LogP contribution in [0.3, 0.4) is 0 Å².